The third kappa shape index (κ3) is 1.10. The van der Waals surface area contributed by atoms with E-state index in [0.717, 1.165) is 29.0 Å². The molecule has 1 N–H and O–H groups in total. The molecule has 0 atom stereocenters. The first-order valence-corrected chi connectivity index (χ1v) is 5.71. The van der Waals surface area contributed by atoms with Gasteiger partial charge in [-0.05, 0) is 11.6 Å². The summed E-state index contributed by atoms with van der Waals surface area (Å²) in [6.07, 6.45) is 0.891. The Hall–Kier alpha value is -2.22. The first-order valence-electron chi connectivity index (χ1n) is 5.71. The maximum atomic E-state index is 5.94. The lowest BCUT2D eigenvalue weighted by Crippen LogP contribution is -1.87. The molecule has 0 bridgehead atoms. The molecule has 0 saturated heterocycles. The van der Waals surface area contributed by atoms with Crippen molar-refractivity contribution in [2.45, 2.75) is 6.42 Å². The Bertz CT molecular complexity index is 767. The Kier molecular flexibility index (Phi) is 1.52. The van der Waals surface area contributed by atoms with Gasteiger partial charge in [-0.15, -0.1) is 0 Å². The number of allylic oxidation sites excluding steroid dienone is 1. The van der Waals surface area contributed by atoms with Crippen LogP contribution in [0, 0.1) is 0 Å². The van der Waals surface area contributed by atoms with E-state index in [4.69, 9.17) is 4.42 Å². The fourth-order valence-corrected chi connectivity index (χ4v) is 2.56. The molecule has 0 fully saturated rings. The Balaban J connectivity index is 2.19. The van der Waals surface area contributed by atoms with Gasteiger partial charge in [0.25, 0.3) is 0 Å². The molecule has 2 heteroatoms. The van der Waals surface area contributed by atoms with Crippen LogP contribution >= 0.6 is 0 Å². The molecule has 2 nitrogen and oxygen atoms in total. The van der Waals surface area contributed by atoms with Crippen molar-refractivity contribution in [3.05, 3.63) is 54.2 Å². The SMILES string of the molecule is C=C1Cc2ccc3c(oc4ccccc43)c2N1. The smallest absolute Gasteiger partial charge is 0.159 e. The fraction of sp³-hybridized carbons (Fsp3) is 0.0667. The summed E-state index contributed by atoms with van der Waals surface area (Å²) in [6, 6.07) is 12.4. The van der Waals surface area contributed by atoms with Crippen LogP contribution in [0.3, 0.4) is 0 Å². The zero-order valence-electron chi connectivity index (χ0n) is 9.29. The van der Waals surface area contributed by atoms with E-state index in [-0.39, 0.29) is 0 Å². The van der Waals surface area contributed by atoms with Crippen molar-refractivity contribution in [2.24, 2.45) is 0 Å². The molecule has 0 unspecified atom stereocenters. The second-order valence-corrected chi connectivity index (χ2v) is 4.48. The highest BCUT2D eigenvalue weighted by Crippen LogP contribution is 2.39. The van der Waals surface area contributed by atoms with Crippen LogP contribution in [0.2, 0.25) is 0 Å². The maximum absolute atomic E-state index is 5.94. The fourth-order valence-electron chi connectivity index (χ4n) is 2.56. The van der Waals surface area contributed by atoms with Gasteiger partial charge >= 0.3 is 0 Å². The van der Waals surface area contributed by atoms with Crippen LogP contribution < -0.4 is 5.32 Å². The molecule has 1 aromatic heterocycles. The van der Waals surface area contributed by atoms with Gasteiger partial charge in [-0.2, -0.15) is 0 Å². The number of nitrogens with one attached hydrogen (secondary N) is 1. The van der Waals surface area contributed by atoms with E-state index in [9.17, 15) is 0 Å². The minimum absolute atomic E-state index is 0.891. The van der Waals surface area contributed by atoms with Gasteiger partial charge < -0.3 is 9.73 Å². The monoisotopic (exact) mass is 221 g/mol. The molecule has 0 amide bonds. The number of para-hydroxylation sites is 1. The van der Waals surface area contributed by atoms with Gasteiger partial charge in [0, 0.05) is 22.9 Å². The lowest BCUT2D eigenvalue weighted by Gasteiger charge is -1.99. The van der Waals surface area contributed by atoms with Crippen molar-refractivity contribution in [1.82, 2.24) is 0 Å². The Morgan fingerprint density at radius 3 is 2.88 bits per heavy atom. The number of furan rings is 1. The van der Waals surface area contributed by atoms with Crippen molar-refractivity contribution in [1.29, 1.82) is 0 Å². The summed E-state index contributed by atoms with van der Waals surface area (Å²) in [5, 5.41) is 5.65. The quantitative estimate of drug-likeness (QED) is 0.619. The summed E-state index contributed by atoms with van der Waals surface area (Å²) in [5.41, 5.74) is 5.27. The normalized spacial score (nSPS) is 14.2. The van der Waals surface area contributed by atoms with Crippen LogP contribution in [-0.2, 0) is 6.42 Å². The van der Waals surface area contributed by atoms with Crippen molar-refractivity contribution in [3.63, 3.8) is 0 Å². The minimum atomic E-state index is 0.891. The number of hydrogen-bond donors (Lipinski definition) is 1. The molecule has 82 valence electrons. The van der Waals surface area contributed by atoms with Gasteiger partial charge in [0.15, 0.2) is 5.58 Å². The summed E-state index contributed by atoms with van der Waals surface area (Å²) >= 11 is 0. The molecule has 1 aliphatic heterocycles. The van der Waals surface area contributed by atoms with E-state index in [2.05, 4.69) is 30.1 Å². The number of hydrogen-bond acceptors (Lipinski definition) is 2. The van der Waals surface area contributed by atoms with Gasteiger partial charge in [-0.3, -0.25) is 0 Å². The molecular weight excluding hydrogens is 210 g/mol. The van der Waals surface area contributed by atoms with Crippen LogP contribution in [0.25, 0.3) is 21.9 Å². The molecule has 2 heterocycles. The highest BCUT2D eigenvalue weighted by Gasteiger charge is 2.19. The van der Waals surface area contributed by atoms with Crippen LogP contribution in [0.4, 0.5) is 5.69 Å². The molecule has 4 rings (SSSR count). The summed E-state index contributed by atoms with van der Waals surface area (Å²) in [4.78, 5) is 0. The molecule has 0 aliphatic carbocycles. The van der Waals surface area contributed by atoms with E-state index in [1.165, 1.54) is 16.3 Å². The molecule has 1 aliphatic rings. The molecule has 17 heavy (non-hydrogen) atoms. The van der Waals surface area contributed by atoms with Crippen LogP contribution in [0.15, 0.2) is 53.1 Å². The average molecular weight is 221 g/mol. The molecule has 0 spiro atoms. The summed E-state index contributed by atoms with van der Waals surface area (Å²) < 4.78 is 5.94. The van der Waals surface area contributed by atoms with Crippen molar-refractivity contribution >= 4 is 27.6 Å². The van der Waals surface area contributed by atoms with Gasteiger partial charge in [-0.25, -0.2) is 0 Å². The van der Waals surface area contributed by atoms with Crippen molar-refractivity contribution in [3.8, 4) is 0 Å². The van der Waals surface area contributed by atoms with E-state index in [0.29, 0.717) is 0 Å². The van der Waals surface area contributed by atoms with Gasteiger partial charge in [0.1, 0.15) is 5.58 Å². The highest BCUT2D eigenvalue weighted by atomic mass is 16.3. The second-order valence-electron chi connectivity index (χ2n) is 4.48. The van der Waals surface area contributed by atoms with Crippen molar-refractivity contribution < 1.29 is 4.42 Å². The van der Waals surface area contributed by atoms with E-state index >= 15 is 0 Å². The Morgan fingerprint density at radius 2 is 1.94 bits per heavy atom. The predicted octanol–water partition coefficient (Wildman–Crippen LogP) is 4.07. The first kappa shape index (κ1) is 8.88. The molecule has 0 saturated carbocycles. The summed E-state index contributed by atoms with van der Waals surface area (Å²) in [5.74, 6) is 0. The Labute approximate surface area is 98.5 Å². The summed E-state index contributed by atoms with van der Waals surface area (Å²) in [6.45, 7) is 3.98. The Morgan fingerprint density at radius 1 is 1.06 bits per heavy atom. The lowest BCUT2D eigenvalue weighted by molar-refractivity contribution is 0.670. The molecular formula is C15H11NO. The van der Waals surface area contributed by atoms with E-state index < -0.39 is 0 Å². The second kappa shape index (κ2) is 2.92. The zero-order valence-corrected chi connectivity index (χ0v) is 9.29. The first-order chi connectivity index (χ1) is 8.33. The minimum Gasteiger partial charge on any atom is -0.454 e. The zero-order chi connectivity index (χ0) is 11.4. The number of fused-ring (bicyclic) bond motifs is 5. The van der Waals surface area contributed by atoms with Gasteiger partial charge in [0.2, 0.25) is 0 Å². The maximum Gasteiger partial charge on any atom is 0.159 e. The molecule has 2 aromatic carbocycles. The van der Waals surface area contributed by atoms with E-state index in [1.807, 2.05) is 18.2 Å². The van der Waals surface area contributed by atoms with Crippen LogP contribution in [0.5, 0.6) is 0 Å². The number of benzene rings is 2. The third-order valence-corrected chi connectivity index (χ3v) is 3.34. The molecule has 0 radical (unpaired) electrons. The molecule has 3 aromatic rings. The van der Waals surface area contributed by atoms with Crippen molar-refractivity contribution in [2.75, 3.05) is 5.32 Å². The average Bonchev–Trinajstić information content (AvgIpc) is 2.87. The topological polar surface area (TPSA) is 25.2 Å². The predicted molar refractivity (Wildman–Crippen MR) is 70.2 cm³/mol. The highest BCUT2D eigenvalue weighted by molar-refractivity contribution is 6.10. The largest absolute Gasteiger partial charge is 0.454 e. The third-order valence-electron chi connectivity index (χ3n) is 3.34. The van der Waals surface area contributed by atoms with Gasteiger partial charge in [-0.1, -0.05) is 36.9 Å². The van der Waals surface area contributed by atoms with Gasteiger partial charge in [0.05, 0.1) is 5.69 Å². The summed E-state index contributed by atoms with van der Waals surface area (Å²) in [7, 11) is 0. The number of anilines is 1. The standard InChI is InChI=1S/C15H11NO/c1-9-8-10-6-7-12-11-4-2-3-5-13(11)17-15(12)14(10)16-9/h2-7,16H,1,8H2. The number of rotatable bonds is 0. The van der Waals surface area contributed by atoms with Crippen LogP contribution in [0.1, 0.15) is 5.56 Å². The van der Waals surface area contributed by atoms with E-state index in [1.54, 1.807) is 0 Å². The van der Waals surface area contributed by atoms with Crippen LogP contribution in [-0.4, -0.2) is 0 Å². The lowest BCUT2D eigenvalue weighted by atomic mass is 10.1.